The van der Waals surface area contributed by atoms with Crippen LogP contribution < -0.4 is 10.4 Å². The summed E-state index contributed by atoms with van der Waals surface area (Å²) in [4.78, 5) is 23.2. The predicted octanol–water partition coefficient (Wildman–Crippen LogP) is 3.34. The van der Waals surface area contributed by atoms with Gasteiger partial charge in [-0.15, -0.1) is 0 Å². The zero-order valence-corrected chi connectivity index (χ0v) is 13.4. The van der Waals surface area contributed by atoms with Crippen molar-refractivity contribution in [3.63, 3.8) is 0 Å². The Balaban J connectivity index is 2.41. The summed E-state index contributed by atoms with van der Waals surface area (Å²) >= 11 is 6.20. The summed E-state index contributed by atoms with van der Waals surface area (Å²) in [5.74, 6) is -0.214. The largest absolute Gasteiger partial charge is 0.477 e. The summed E-state index contributed by atoms with van der Waals surface area (Å²) in [5, 5.41) is 1.09. The van der Waals surface area contributed by atoms with Crippen LogP contribution in [0.1, 0.15) is 26.3 Å². The normalized spacial score (nSPS) is 12.2. The van der Waals surface area contributed by atoms with Gasteiger partial charge in [-0.05, 0) is 31.9 Å². The van der Waals surface area contributed by atoms with E-state index in [9.17, 15) is 9.59 Å². The van der Waals surface area contributed by atoms with Crippen molar-refractivity contribution in [3.8, 4) is 5.75 Å². The molecular weight excluding hydrogens is 308 g/mol. The van der Waals surface area contributed by atoms with E-state index >= 15 is 0 Å². The first-order valence-electron chi connectivity index (χ1n) is 7.05. The summed E-state index contributed by atoms with van der Waals surface area (Å²) in [6.07, 6.45) is -0.131. The Morgan fingerprint density at radius 3 is 2.68 bits per heavy atom. The first-order valence-corrected chi connectivity index (χ1v) is 7.43. The summed E-state index contributed by atoms with van der Waals surface area (Å²) in [6.45, 7) is 5.49. The lowest BCUT2D eigenvalue weighted by molar-refractivity contribution is -0.150. The molecule has 22 heavy (non-hydrogen) atoms. The third kappa shape index (κ3) is 3.42. The Morgan fingerprint density at radius 1 is 1.32 bits per heavy atom. The van der Waals surface area contributed by atoms with Crippen LogP contribution in [0.5, 0.6) is 5.75 Å². The second-order valence-corrected chi connectivity index (χ2v) is 5.14. The maximum absolute atomic E-state index is 11.6. The number of benzene rings is 1. The fourth-order valence-electron chi connectivity index (χ4n) is 2.11. The van der Waals surface area contributed by atoms with Gasteiger partial charge in [-0.3, -0.25) is 0 Å². The maximum Gasteiger partial charge on any atom is 0.347 e. The Kier molecular flexibility index (Phi) is 5.08. The van der Waals surface area contributed by atoms with E-state index in [0.717, 1.165) is 10.9 Å². The van der Waals surface area contributed by atoms with Crippen molar-refractivity contribution in [2.45, 2.75) is 33.3 Å². The summed E-state index contributed by atoms with van der Waals surface area (Å²) in [6, 6.07) is 4.64. The molecule has 1 atom stereocenters. The van der Waals surface area contributed by atoms with Gasteiger partial charge in [0.05, 0.1) is 11.6 Å². The average molecular weight is 325 g/mol. The van der Waals surface area contributed by atoms with E-state index < -0.39 is 17.7 Å². The molecule has 1 aromatic carbocycles. The molecule has 1 aromatic heterocycles. The number of rotatable bonds is 5. The van der Waals surface area contributed by atoms with Crippen LogP contribution in [0.4, 0.5) is 0 Å². The van der Waals surface area contributed by atoms with Crippen molar-refractivity contribution in [2.24, 2.45) is 0 Å². The molecule has 0 aliphatic rings. The van der Waals surface area contributed by atoms with Crippen LogP contribution in [0.15, 0.2) is 27.4 Å². The zero-order chi connectivity index (χ0) is 16.3. The number of halogens is 1. The highest BCUT2D eigenvalue weighted by molar-refractivity contribution is 6.32. The van der Waals surface area contributed by atoms with Crippen molar-refractivity contribution in [3.05, 3.63) is 39.2 Å². The molecule has 1 heterocycles. The monoisotopic (exact) mass is 324 g/mol. The van der Waals surface area contributed by atoms with Gasteiger partial charge in [-0.2, -0.15) is 0 Å². The Hall–Kier alpha value is -2.01. The van der Waals surface area contributed by atoms with Crippen LogP contribution >= 0.6 is 11.6 Å². The first-order chi connectivity index (χ1) is 10.5. The fraction of sp³-hybridized carbons (Fsp3) is 0.375. The van der Waals surface area contributed by atoms with Crippen LogP contribution in [-0.4, -0.2) is 18.7 Å². The number of aryl methyl sites for hydroxylation is 1. The van der Waals surface area contributed by atoms with E-state index in [1.165, 1.54) is 12.1 Å². The summed E-state index contributed by atoms with van der Waals surface area (Å²) < 4.78 is 15.6. The molecular formula is C16H17ClO5. The molecule has 2 aromatic rings. The minimum absolute atomic E-state index is 0.270. The molecule has 2 rings (SSSR count). The van der Waals surface area contributed by atoms with Crippen molar-refractivity contribution >= 4 is 28.5 Å². The minimum Gasteiger partial charge on any atom is -0.477 e. The Labute approximate surface area is 132 Å². The molecule has 0 N–H and O–H groups in total. The van der Waals surface area contributed by atoms with Crippen molar-refractivity contribution < 1.29 is 18.7 Å². The molecule has 0 bridgehead atoms. The fourth-order valence-corrected chi connectivity index (χ4v) is 2.32. The van der Waals surface area contributed by atoms with Gasteiger partial charge >= 0.3 is 11.6 Å². The molecule has 6 heteroatoms. The summed E-state index contributed by atoms with van der Waals surface area (Å²) in [5.41, 5.74) is 0.786. The van der Waals surface area contributed by atoms with E-state index in [1.807, 2.05) is 6.92 Å². The van der Waals surface area contributed by atoms with E-state index in [1.54, 1.807) is 19.9 Å². The van der Waals surface area contributed by atoms with Crippen molar-refractivity contribution in [1.29, 1.82) is 0 Å². The van der Waals surface area contributed by atoms with Gasteiger partial charge < -0.3 is 13.9 Å². The van der Waals surface area contributed by atoms with Gasteiger partial charge in [0.2, 0.25) is 0 Å². The summed E-state index contributed by atoms with van der Waals surface area (Å²) in [7, 11) is 0. The SMILES string of the molecule is CCOC(=O)[C@@H](C)Oc1cc2oc(=O)cc(CC)c2cc1Cl. The molecule has 0 saturated carbocycles. The lowest BCUT2D eigenvalue weighted by Crippen LogP contribution is -2.26. The highest BCUT2D eigenvalue weighted by atomic mass is 35.5. The molecule has 0 aliphatic carbocycles. The van der Waals surface area contributed by atoms with Crippen LogP contribution in [-0.2, 0) is 16.0 Å². The zero-order valence-electron chi connectivity index (χ0n) is 12.6. The van der Waals surface area contributed by atoms with E-state index in [0.29, 0.717) is 17.0 Å². The Bertz CT molecular complexity index is 750. The number of ether oxygens (including phenoxy) is 2. The van der Waals surface area contributed by atoms with Crippen LogP contribution in [0.2, 0.25) is 5.02 Å². The molecule has 0 unspecified atom stereocenters. The topological polar surface area (TPSA) is 65.7 Å². The molecule has 0 aliphatic heterocycles. The van der Waals surface area contributed by atoms with Crippen LogP contribution in [0.3, 0.4) is 0 Å². The van der Waals surface area contributed by atoms with E-state index in [4.69, 9.17) is 25.5 Å². The van der Waals surface area contributed by atoms with Crippen LogP contribution in [0.25, 0.3) is 11.0 Å². The molecule has 0 spiro atoms. The highest BCUT2D eigenvalue weighted by Crippen LogP contribution is 2.32. The third-order valence-electron chi connectivity index (χ3n) is 3.19. The standard InChI is InChI=1S/C16H17ClO5/c1-4-10-6-15(18)22-13-8-14(12(17)7-11(10)13)21-9(3)16(19)20-5-2/h6-9H,4-5H2,1-3H3/t9-/m1/s1. The second kappa shape index (κ2) is 6.83. The number of carbonyl (C=O) groups is 1. The number of fused-ring (bicyclic) bond motifs is 1. The number of hydrogen-bond donors (Lipinski definition) is 0. The highest BCUT2D eigenvalue weighted by Gasteiger charge is 2.18. The second-order valence-electron chi connectivity index (χ2n) is 4.74. The molecule has 118 valence electrons. The van der Waals surface area contributed by atoms with E-state index in [2.05, 4.69) is 0 Å². The third-order valence-corrected chi connectivity index (χ3v) is 3.48. The van der Waals surface area contributed by atoms with E-state index in [-0.39, 0.29) is 12.4 Å². The van der Waals surface area contributed by atoms with Gasteiger partial charge in [0.1, 0.15) is 11.3 Å². The lowest BCUT2D eigenvalue weighted by Gasteiger charge is -2.15. The molecule has 0 radical (unpaired) electrons. The first kappa shape index (κ1) is 16.4. The predicted molar refractivity (Wildman–Crippen MR) is 83.6 cm³/mol. The van der Waals surface area contributed by atoms with Crippen LogP contribution in [0, 0.1) is 0 Å². The number of carbonyl (C=O) groups excluding carboxylic acids is 1. The van der Waals surface area contributed by atoms with Gasteiger partial charge in [0, 0.05) is 17.5 Å². The van der Waals surface area contributed by atoms with Crippen molar-refractivity contribution in [1.82, 2.24) is 0 Å². The number of hydrogen-bond acceptors (Lipinski definition) is 5. The van der Waals surface area contributed by atoms with Gasteiger partial charge in [0.15, 0.2) is 6.10 Å². The van der Waals surface area contributed by atoms with Gasteiger partial charge in [0.25, 0.3) is 0 Å². The lowest BCUT2D eigenvalue weighted by atomic mass is 10.1. The van der Waals surface area contributed by atoms with Gasteiger partial charge in [-0.1, -0.05) is 18.5 Å². The molecule has 5 nitrogen and oxygen atoms in total. The molecule has 0 saturated heterocycles. The quantitative estimate of drug-likeness (QED) is 0.623. The minimum atomic E-state index is -0.809. The molecule has 0 fully saturated rings. The van der Waals surface area contributed by atoms with Gasteiger partial charge in [-0.25, -0.2) is 9.59 Å². The average Bonchev–Trinajstić information content (AvgIpc) is 2.48. The molecule has 0 amide bonds. The number of esters is 1. The Morgan fingerprint density at radius 2 is 2.05 bits per heavy atom. The smallest absolute Gasteiger partial charge is 0.347 e. The maximum atomic E-state index is 11.6. The van der Waals surface area contributed by atoms with Crippen molar-refractivity contribution in [2.75, 3.05) is 6.61 Å².